The van der Waals surface area contributed by atoms with E-state index in [1.807, 2.05) is 17.0 Å². The molecule has 1 amide bonds. The van der Waals surface area contributed by atoms with E-state index in [1.165, 1.54) is 0 Å². The van der Waals surface area contributed by atoms with E-state index >= 15 is 0 Å². The summed E-state index contributed by atoms with van der Waals surface area (Å²) in [4.78, 5) is 16.9. The first-order valence-electron chi connectivity index (χ1n) is 8.17. The van der Waals surface area contributed by atoms with Crippen LogP contribution in [0.5, 0.6) is 0 Å². The number of carbonyl (C=O) groups excluding carboxylic acids is 1. The van der Waals surface area contributed by atoms with Crippen LogP contribution in [0.3, 0.4) is 0 Å². The summed E-state index contributed by atoms with van der Waals surface area (Å²) in [6.07, 6.45) is 2.19. The maximum absolute atomic E-state index is 12.5. The Hall–Kier alpha value is -1.30. The molecule has 5 nitrogen and oxygen atoms in total. The van der Waals surface area contributed by atoms with Gasteiger partial charge in [0.25, 0.3) is 5.91 Å². The molecule has 1 aromatic carbocycles. The van der Waals surface area contributed by atoms with E-state index in [-0.39, 0.29) is 18.3 Å². The summed E-state index contributed by atoms with van der Waals surface area (Å²) in [6, 6.07) is 7.21. The van der Waals surface area contributed by atoms with E-state index in [0.29, 0.717) is 11.6 Å². The van der Waals surface area contributed by atoms with Crippen molar-refractivity contribution < 1.29 is 9.53 Å². The minimum absolute atomic E-state index is 0. The number of amides is 1. The quantitative estimate of drug-likeness (QED) is 0.854. The van der Waals surface area contributed by atoms with Crippen molar-refractivity contribution in [2.75, 3.05) is 51.7 Å². The number of nitrogens with two attached hydrogens (primary N) is 1. The van der Waals surface area contributed by atoms with Crippen LogP contribution in [-0.2, 0) is 4.74 Å². The Kier molecular flexibility index (Phi) is 6.69. The highest BCUT2D eigenvalue weighted by molar-refractivity contribution is 5.94. The molecule has 1 aromatic rings. The second-order valence-corrected chi connectivity index (χ2v) is 6.27. The van der Waals surface area contributed by atoms with Gasteiger partial charge in [0.2, 0.25) is 0 Å². The summed E-state index contributed by atoms with van der Waals surface area (Å²) < 4.78 is 5.39. The zero-order chi connectivity index (χ0) is 15.4. The van der Waals surface area contributed by atoms with E-state index in [2.05, 4.69) is 4.90 Å². The topological polar surface area (TPSA) is 58.8 Å². The number of hydrogen-bond donors (Lipinski definition) is 1. The fraction of sp³-hybridized carbons (Fsp3) is 0.588. The fourth-order valence-electron chi connectivity index (χ4n) is 3.28. The smallest absolute Gasteiger partial charge is 0.253 e. The van der Waals surface area contributed by atoms with Crippen molar-refractivity contribution in [3.8, 4) is 0 Å². The molecule has 0 saturated carbocycles. The van der Waals surface area contributed by atoms with Gasteiger partial charge in [-0.2, -0.15) is 0 Å². The van der Waals surface area contributed by atoms with Crippen molar-refractivity contribution in [3.05, 3.63) is 29.8 Å². The molecule has 0 aromatic heterocycles. The van der Waals surface area contributed by atoms with Crippen LogP contribution < -0.4 is 5.73 Å². The number of nitrogens with zero attached hydrogens (tertiary/aromatic N) is 2. The number of piperidine rings is 1. The number of benzene rings is 1. The number of anilines is 1. The van der Waals surface area contributed by atoms with Crippen molar-refractivity contribution in [2.45, 2.75) is 12.8 Å². The van der Waals surface area contributed by atoms with Crippen LogP contribution in [-0.4, -0.2) is 61.6 Å². The number of carbonyl (C=O) groups is 1. The maximum Gasteiger partial charge on any atom is 0.253 e. The highest BCUT2D eigenvalue weighted by Gasteiger charge is 2.25. The molecule has 23 heavy (non-hydrogen) atoms. The van der Waals surface area contributed by atoms with Gasteiger partial charge in [0.15, 0.2) is 0 Å². The third kappa shape index (κ3) is 4.83. The lowest BCUT2D eigenvalue weighted by Crippen LogP contribution is -2.44. The summed E-state index contributed by atoms with van der Waals surface area (Å²) >= 11 is 0. The molecule has 2 aliphatic heterocycles. The van der Waals surface area contributed by atoms with E-state index in [9.17, 15) is 4.79 Å². The molecule has 0 radical (unpaired) electrons. The molecule has 3 rings (SSSR count). The van der Waals surface area contributed by atoms with Gasteiger partial charge in [-0.15, -0.1) is 12.4 Å². The number of nitrogen functional groups attached to an aromatic ring is 1. The third-order valence-corrected chi connectivity index (χ3v) is 4.68. The van der Waals surface area contributed by atoms with Crippen LogP contribution in [0.2, 0.25) is 0 Å². The first-order chi connectivity index (χ1) is 10.7. The van der Waals surface area contributed by atoms with Crippen molar-refractivity contribution >= 4 is 24.0 Å². The van der Waals surface area contributed by atoms with Gasteiger partial charge in [0.1, 0.15) is 0 Å². The Morgan fingerprint density at radius 1 is 1.09 bits per heavy atom. The first kappa shape index (κ1) is 18.0. The molecule has 0 unspecified atom stereocenters. The first-order valence-corrected chi connectivity index (χ1v) is 8.17. The molecule has 2 fully saturated rings. The second kappa shape index (κ2) is 8.52. The zero-order valence-corrected chi connectivity index (χ0v) is 14.3. The molecule has 0 atom stereocenters. The molecular formula is C17H26ClN3O2. The second-order valence-electron chi connectivity index (χ2n) is 6.27. The number of rotatable bonds is 3. The predicted octanol–water partition coefficient (Wildman–Crippen LogP) is 1.87. The molecular weight excluding hydrogens is 314 g/mol. The summed E-state index contributed by atoms with van der Waals surface area (Å²) in [7, 11) is 0. The molecule has 2 N–H and O–H groups in total. The normalized spacial score (nSPS) is 20.1. The summed E-state index contributed by atoms with van der Waals surface area (Å²) in [5.41, 5.74) is 7.11. The van der Waals surface area contributed by atoms with Crippen molar-refractivity contribution in [2.24, 2.45) is 5.92 Å². The minimum Gasteiger partial charge on any atom is -0.399 e. The van der Waals surface area contributed by atoms with Gasteiger partial charge < -0.3 is 15.4 Å². The number of likely N-dealkylation sites (tertiary alicyclic amines) is 1. The van der Waals surface area contributed by atoms with Crippen LogP contribution in [0.1, 0.15) is 23.2 Å². The van der Waals surface area contributed by atoms with Crippen molar-refractivity contribution in [1.82, 2.24) is 9.80 Å². The van der Waals surface area contributed by atoms with Gasteiger partial charge in [-0.1, -0.05) is 0 Å². The number of ether oxygens (including phenoxy) is 1. The predicted molar refractivity (Wildman–Crippen MR) is 94.0 cm³/mol. The van der Waals surface area contributed by atoms with Crippen molar-refractivity contribution in [1.29, 1.82) is 0 Å². The highest BCUT2D eigenvalue weighted by Crippen LogP contribution is 2.21. The third-order valence-electron chi connectivity index (χ3n) is 4.68. The average molecular weight is 340 g/mol. The minimum atomic E-state index is 0. The molecule has 0 aliphatic carbocycles. The van der Waals surface area contributed by atoms with Crippen LogP contribution in [0, 0.1) is 5.92 Å². The largest absolute Gasteiger partial charge is 0.399 e. The van der Waals surface area contributed by atoms with E-state index in [0.717, 1.165) is 64.3 Å². The number of halogens is 1. The lowest BCUT2D eigenvalue weighted by molar-refractivity contribution is 0.0243. The summed E-state index contributed by atoms with van der Waals surface area (Å²) in [5.74, 6) is 0.832. The molecule has 0 bridgehead atoms. The Morgan fingerprint density at radius 3 is 2.30 bits per heavy atom. The van der Waals surface area contributed by atoms with E-state index in [1.54, 1.807) is 12.1 Å². The lowest BCUT2D eigenvalue weighted by atomic mass is 9.95. The average Bonchev–Trinajstić information content (AvgIpc) is 2.57. The van der Waals surface area contributed by atoms with Crippen molar-refractivity contribution in [3.63, 3.8) is 0 Å². The number of hydrogen-bond acceptors (Lipinski definition) is 4. The molecule has 2 heterocycles. The van der Waals surface area contributed by atoms with Crippen LogP contribution >= 0.6 is 12.4 Å². The zero-order valence-electron chi connectivity index (χ0n) is 13.4. The SMILES string of the molecule is Cl.Nc1ccc(C(=O)N2CCC(CN3CCOCC3)CC2)cc1. The van der Waals surface area contributed by atoms with Gasteiger partial charge >= 0.3 is 0 Å². The Labute approximate surface area is 144 Å². The summed E-state index contributed by atoms with van der Waals surface area (Å²) in [5, 5.41) is 0. The van der Waals surface area contributed by atoms with Gasteiger partial charge in [0, 0.05) is 44.0 Å². The van der Waals surface area contributed by atoms with Gasteiger partial charge in [-0.25, -0.2) is 0 Å². The lowest BCUT2D eigenvalue weighted by Gasteiger charge is -2.36. The fourth-order valence-corrected chi connectivity index (χ4v) is 3.28. The monoisotopic (exact) mass is 339 g/mol. The molecule has 2 saturated heterocycles. The molecule has 0 spiro atoms. The standard InChI is InChI=1S/C17H25N3O2.ClH/c18-16-3-1-15(2-4-16)17(21)20-7-5-14(6-8-20)13-19-9-11-22-12-10-19;/h1-4,14H,5-13,18H2;1H. The number of morpholine rings is 1. The maximum atomic E-state index is 12.5. The summed E-state index contributed by atoms with van der Waals surface area (Å²) in [6.45, 7) is 6.67. The van der Waals surface area contributed by atoms with Gasteiger partial charge in [-0.3, -0.25) is 9.69 Å². The van der Waals surface area contributed by atoms with Gasteiger partial charge in [0.05, 0.1) is 13.2 Å². The molecule has 2 aliphatic rings. The Morgan fingerprint density at radius 2 is 1.70 bits per heavy atom. The van der Waals surface area contributed by atoms with E-state index in [4.69, 9.17) is 10.5 Å². The van der Waals surface area contributed by atoms with Crippen LogP contribution in [0.4, 0.5) is 5.69 Å². The Balaban J connectivity index is 0.00000192. The van der Waals surface area contributed by atoms with Crippen LogP contribution in [0.15, 0.2) is 24.3 Å². The highest BCUT2D eigenvalue weighted by atomic mass is 35.5. The molecule has 6 heteroatoms. The van der Waals surface area contributed by atoms with Crippen LogP contribution in [0.25, 0.3) is 0 Å². The van der Waals surface area contributed by atoms with Gasteiger partial charge in [-0.05, 0) is 43.0 Å². The molecule has 128 valence electrons. The Bertz CT molecular complexity index is 495. The van der Waals surface area contributed by atoms with E-state index < -0.39 is 0 Å².